The number of benzene rings is 1. The van der Waals surface area contributed by atoms with Gasteiger partial charge in [0.25, 0.3) is 5.91 Å². The van der Waals surface area contributed by atoms with Crippen LogP contribution in [0.3, 0.4) is 0 Å². The molecule has 0 aliphatic carbocycles. The van der Waals surface area contributed by atoms with Gasteiger partial charge in [-0.15, -0.1) is 0 Å². The third kappa shape index (κ3) is 3.48. The van der Waals surface area contributed by atoms with Gasteiger partial charge in [0, 0.05) is 12.1 Å². The van der Waals surface area contributed by atoms with E-state index in [0.29, 0.717) is 6.54 Å². The van der Waals surface area contributed by atoms with E-state index in [9.17, 15) is 4.79 Å². The summed E-state index contributed by atoms with van der Waals surface area (Å²) in [5.74, 6) is 0.896. The average Bonchev–Trinajstić information content (AvgIpc) is 2.99. The Hall–Kier alpha value is -2.07. The molecule has 4 heteroatoms. The smallest absolute Gasteiger partial charge is 0.277 e. The predicted molar refractivity (Wildman–Crippen MR) is 77.1 cm³/mol. The van der Waals surface area contributed by atoms with E-state index in [1.54, 1.807) is 6.26 Å². The lowest BCUT2D eigenvalue weighted by atomic mass is 10.0. The van der Waals surface area contributed by atoms with Crippen LogP contribution in [0.15, 0.2) is 53.1 Å². The van der Waals surface area contributed by atoms with Crippen LogP contribution in [0.5, 0.6) is 0 Å². The molecule has 0 saturated heterocycles. The van der Waals surface area contributed by atoms with Gasteiger partial charge < -0.3 is 15.1 Å². The first-order valence-corrected chi connectivity index (χ1v) is 6.93. The second-order valence-electron chi connectivity index (χ2n) is 4.78. The maximum Gasteiger partial charge on any atom is 0.277 e. The molecule has 3 N–H and O–H groups in total. The standard InChI is InChI=1S/C16H20N2O2/c1-3-17-16(19)12(2)18-15(14-10-7-11-20-14)13-8-5-4-6-9-13/h4-12,15,18H,3H2,1-2H3,(H,17,19)/p+1/t12-,15-/m0/s1. The number of carbonyl (C=O) groups is 1. The molecule has 4 nitrogen and oxygen atoms in total. The molecule has 0 saturated carbocycles. The number of nitrogens with one attached hydrogen (secondary N) is 1. The molecule has 0 radical (unpaired) electrons. The fourth-order valence-electron chi connectivity index (χ4n) is 2.21. The Kier molecular flexibility index (Phi) is 4.96. The third-order valence-corrected chi connectivity index (χ3v) is 3.25. The molecule has 2 atom stereocenters. The zero-order valence-electron chi connectivity index (χ0n) is 11.9. The molecule has 2 aromatic rings. The number of carbonyl (C=O) groups excluding carboxylic acids is 1. The Morgan fingerprint density at radius 1 is 1.25 bits per heavy atom. The van der Waals surface area contributed by atoms with Gasteiger partial charge in [0.05, 0.1) is 6.26 Å². The minimum atomic E-state index is -0.176. The number of amides is 1. The van der Waals surface area contributed by atoms with E-state index in [2.05, 4.69) is 5.32 Å². The van der Waals surface area contributed by atoms with Gasteiger partial charge in [0.15, 0.2) is 17.8 Å². The molecule has 0 bridgehead atoms. The first-order chi connectivity index (χ1) is 9.72. The molecule has 1 heterocycles. The first kappa shape index (κ1) is 14.3. The largest absolute Gasteiger partial charge is 0.463 e. The van der Waals surface area contributed by atoms with Crippen molar-refractivity contribution in [3.63, 3.8) is 0 Å². The van der Waals surface area contributed by atoms with Crippen molar-refractivity contribution in [2.45, 2.75) is 25.9 Å². The SMILES string of the molecule is CCNC(=O)[C@H](C)[NH2+][C@@H](c1ccccc1)c1ccco1. The summed E-state index contributed by atoms with van der Waals surface area (Å²) in [4.78, 5) is 11.9. The predicted octanol–water partition coefficient (Wildman–Crippen LogP) is 1.46. The van der Waals surface area contributed by atoms with Crippen molar-refractivity contribution in [3.8, 4) is 0 Å². The van der Waals surface area contributed by atoms with Gasteiger partial charge in [0.2, 0.25) is 0 Å². The Morgan fingerprint density at radius 2 is 2.00 bits per heavy atom. The van der Waals surface area contributed by atoms with Crippen molar-refractivity contribution in [3.05, 3.63) is 60.1 Å². The van der Waals surface area contributed by atoms with E-state index in [1.165, 1.54) is 0 Å². The summed E-state index contributed by atoms with van der Waals surface area (Å²) in [7, 11) is 0. The molecular formula is C16H21N2O2+. The summed E-state index contributed by atoms with van der Waals surface area (Å²) >= 11 is 0. The second kappa shape index (κ2) is 6.91. The van der Waals surface area contributed by atoms with E-state index in [-0.39, 0.29) is 18.0 Å². The van der Waals surface area contributed by atoms with Gasteiger partial charge in [-0.1, -0.05) is 30.3 Å². The number of hydrogen-bond donors (Lipinski definition) is 2. The summed E-state index contributed by atoms with van der Waals surface area (Å²) in [6.45, 7) is 4.48. The lowest BCUT2D eigenvalue weighted by molar-refractivity contribution is -0.706. The van der Waals surface area contributed by atoms with Crippen LogP contribution in [0.4, 0.5) is 0 Å². The average molecular weight is 273 g/mol. The minimum Gasteiger partial charge on any atom is -0.463 e. The van der Waals surface area contributed by atoms with Crippen LogP contribution in [0, 0.1) is 0 Å². The molecule has 20 heavy (non-hydrogen) atoms. The number of nitrogens with two attached hydrogens (primary N) is 1. The van der Waals surface area contributed by atoms with Gasteiger partial charge in [0.1, 0.15) is 0 Å². The van der Waals surface area contributed by atoms with Gasteiger partial charge in [-0.2, -0.15) is 0 Å². The molecule has 0 aliphatic heterocycles. The third-order valence-electron chi connectivity index (χ3n) is 3.25. The summed E-state index contributed by atoms with van der Waals surface area (Å²) in [5.41, 5.74) is 1.12. The van der Waals surface area contributed by atoms with Crippen LogP contribution >= 0.6 is 0 Å². The van der Waals surface area contributed by atoms with Crippen LogP contribution in [0.2, 0.25) is 0 Å². The molecule has 0 aliphatic rings. The fourth-order valence-corrected chi connectivity index (χ4v) is 2.21. The minimum absolute atomic E-state index is 0.0104. The maximum absolute atomic E-state index is 11.9. The number of furan rings is 1. The normalized spacial score (nSPS) is 13.7. The highest BCUT2D eigenvalue weighted by molar-refractivity contribution is 5.79. The van der Waals surface area contributed by atoms with Crippen molar-refractivity contribution >= 4 is 5.91 Å². The van der Waals surface area contributed by atoms with Gasteiger partial charge >= 0.3 is 0 Å². The van der Waals surface area contributed by atoms with Crippen LogP contribution < -0.4 is 10.6 Å². The Balaban J connectivity index is 2.18. The Labute approximate surface area is 119 Å². The van der Waals surface area contributed by atoms with E-state index in [1.807, 2.05) is 61.6 Å². The summed E-state index contributed by atoms with van der Waals surface area (Å²) in [5, 5.41) is 4.87. The van der Waals surface area contributed by atoms with Gasteiger partial charge in [-0.05, 0) is 26.0 Å². The van der Waals surface area contributed by atoms with Crippen LogP contribution in [0.1, 0.15) is 31.2 Å². The summed E-state index contributed by atoms with van der Waals surface area (Å²) in [6, 6.07) is 13.7. The fraction of sp³-hybridized carbons (Fsp3) is 0.312. The summed E-state index contributed by atoms with van der Waals surface area (Å²) in [6.07, 6.45) is 1.66. The Morgan fingerprint density at radius 3 is 2.60 bits per heavy atom. The van der Waals surface area contributed by atoms with Crippen LogP contribution in [-0.2, 0) is 4.79 Å². The number of rotatable bonds is 6. The molecule has 1 aromatic carbocycles. The van der Waals surface area contributed by atoms with Gasteiger partial charge in [-0.25, -0.2) is 0 Å². The maximum atomic E-state index is 11.9. The van der Waals surface area contributed by atoms with Crippen molar-refractivity contribution in [2.24, 2.45) is 0 Å². The molecule has 1 amide bonds. The quantitative estimate of drug-likeness (QED) is 0.837. The number of likely N-dealkylation sites (N-methyl/N-ethyl adjacent to an activating group) is 1. The molecular weight excluding hydrogens is 252 g/mol. The Bertz CT molecular complexity index is 523. The first-order valence-electron chi connectivity index (χ1n) is 6.93. The zero-order chi connectivity index (χ0) is 14.4. The van der Waals surface area contributed by atoms with Crippen LogP contribution in [-0.4, -0.2) is 18.5 Å². The lowest BCUT2D eigenvalue weighted by Crippen LogP contribution is -2.92. The molecule has 1 aromatic heterocycles. The molecule has 106 valence electrons. The highest BCUT2D eigenvalue weighted by Crippen LogP contribution is 2.18. The number of quaternary nitrogens is 1. The van der Waals surface area contributed by atoms with Crippen molar-refractivity contribution in [1.82, 2.24) is 5.32 Å². The van der Waals surface area contributed by atoms with Crippen molar-refractivity contribution in [1.29, 1.82) is 0 Å². The summed E-state index contributed by atoms with van der Waals surface area (Å²) < 4.78 is 5.53. The van der Waals surface area contributed by atoms with E-state index in [0.717, 1.165) is 11.3 Å². The molecule has 0 fully saturated rings. The van der Waals surface area contributed by atoms with E-state index in [4.69, 9.17) is 4.42 Å². The molecule has 0 spiro atoms. The second-order valence-corrected chi connectivity index (χ2v) is 4.78. The molecule has 2 rings (SSSR count). The lowest BCUT2D eigenvalue weighted by Gasteiger charge is -2.18. The number of hydrogen-bond acceptors (Lipinski definition) is 2. The van der Waals surface area contributed by atoms with Crippen LogP contribution in [0.25, 0.3) is 0 Å². The monoisotopic (exact) mass is 273 g/mol. The van der Waals surface area contributed by atoms with Crippen molar-refractivity contribution < 1.29 is 14.5 Å². The zero-order valence-corrected chi connectivity index (χ0v) is 11.9. The van der Waals surface area contributed by atoms with E-state index < -0.39 is 0 Å². The highest BCUT2D eigenvalue weighted by Gasteiger charge is 2.26. The topological polar surface area (TPSA) is 58.9 Å². The van der Waals surface area contributed by atoms with Crippen molar-refractivity contribution in [2.75, 3.05) is 6.54 Å². The molecule has 0 unspecified atom stereocenters. The van der Waals surface area contributed by atoms with E-state index >= 15 is 0 Å². The van der Waals surface area contributed by atoms with Gasteiger partial charge in [-0.3, -0.25) is 4.79 Å². The highest BCUT2D eigenvalue weighted by atomic mass is 16.3.